The summed E-state index contributed by atoms with van der Waals surface area (Å²) in [5.41, 5.74) is 0. The Morgan fingerprint density at radius 1 is 0.500 bits per heavy atom. The van der Waals surface area contributed by atoms with Crippen LogP contribution in [0.25, 0.3) is 0 Å². The third-order valence-corrected chi connectivity index (χ3v) is 7.05. The Kier molecular flexibility index (Phi) is 35.3. The lowest BCUT2D eigenvalue weighted by molar-refractivity contribution is -0.161. The summed E-state index contributed by atoms with van der Waals surface area (Å²) in [4.78, 5) is 24.2. The molecule has 0 aliphatic heterocycles. The zero-order chi connectivity index (χ0) is 35.0. The molecule has 0 saturated heterocycles. The minimum absolute atomic E-state index is 0.125. The van der Waals surface area contributed by atoms with E-state index in [4.69, 9.17) is 9.47 Å². The van der Waals surface area contributed by atoms with Crippen molar-refractivity contribution in [3.8, 4) is 0 Å². The predicted octanol–water partition coefficient (Wildman–Crippen LogP) is 11.5. The van der Waals surface area contributed by atoms with E-state index in [1.165, 1.54) is 25.7 Å². The summed E-state index contributed by atoms with van der Waals surface area (Å²) in [5.74, 6) is -0.739. The molecule has 5 nitrogen and oxygen atoms in total. The standard InChI is InChI=1S/C43H66O5/c1-3-5-7-9-11-13-15-17-19-21-23-25-27-29-31-33-35-37-42(45)47-40-41(39-44)48-43(46)38-36-34-32-30-28-26-24-22-20-18-16-14-12-10-8-6-4-2/h5,7,11-14,17-20,23-26,29-32,41,44H,3-4,6,8-10,15-16,21-22,27-28,33-40H2,1-2H3/b7-5+,13-11+,14-12+,19-17+,20-18+,25-23+,26-24+,31-29+,32-30+/t41-/m0/s1. The number of ether oxygens (including phenoxy) is 2. The second kappa shape index (κ2) is 38.0. The van der Waals surface area contributed by atoms with Gasteiger partial charge in [-0.3, -0.25) is 9.59 Å². The molecule has 48 heavy (non-hydrogen) atoms. The van der Waals surface area contributed by atoms with Gasteiger partial charge in [-0.2, -0.15) is 0 Å². The Morgan fingerprint density at radius 2 is 0.875 bits per heavy atom. The van der Waals surface area contributed by atoms with E-state index in [2.05, 4.69) is 123 Å². The average molecular weight is 663 g/mol. The van der Waals surface area contributed by atoms with E-state index in [1.807, 2.05) is 0 Å². The third-order valence-electron chi connectivity index (χ3n) is 7.05. The average Bonchev–Trinajstić information content (AvgIpc) is 3.09. The van der Waals surface area contributed by atoms with E-state index < -0.39 is 6.10 Å². The van der Waals surface area contributed by atoms with Crippen LogP contribution in [0.4, 0.5) is 0 Å². The molecule has 0 amide bonds. The van der Waals surface area contributed by atoms with Crippen molar-refractivity contribution in [2.75, 3.05) is 13.2 Å². The minimum Gasteiger partial charge on any atom is -0.462 e. The summed E-state index contributed by atoms with van der Waals surface area (Å²) in [6, 6.07) is 0. The lowest BCUT2D eigenvalue weighted by Crippen LogP contribution is -2.28. The lowest BCUT2D eigenvalue weighted by Gasteiger charge is -2.15. The first-order valence-corrected chi connectivity index (χ1v) is 18.4. The zero-order valence-electron chi connectivity index (χ0n) is 30.2. The highest BCUT2D eigenvalue weighted by molar-refractivity contribution is 5.70. The van der Waals surface area contributed by atoms with Gasteiger partial charge in [0.2, 0.25) is 0 Å². The predicted molar refractivity (Wildman–Crippen MR) is 205 cm³/mol. The van der Waals surface area contributed by atoms with Crippen molar-refractivity contribution in [3.05, 3.63) is 109 Å². The number of allylic oxidation sites excluding steroid dienone is 18. The summed E-state index contributed by atoms with van der Waals surface area (Å²) < 4.78 is 10.5. The van der Waals surface area contributed by atoms with Crippen LogP contribution in [0.5, 0.6) is 0 Å². The van der Waals surface area contributed by atoms with Crippen LogP contribution in [0.1, 0.15) is 129 Å². The number of rotatable bonds is 31. The maximum Gasteiger partial charge on any atom is 0.306 e. The van der Waals surface area contributed by atoms with Crippen molar-refractivity contribution >= 4 is 11.9 Å². The number of unbranched alkanes of at least 4 members (excludes halogenated alkanes) is 5. The Labute approximate surface area is 293 Å². The fourth-order valence-electron chi connectivity index (χ4n) is 4.28. The van der Waals surface area contributed by atoms with E-state index in [9.17, 15) is 14.7 Å². The molecule has 0 fully saturated rings. The Balaban J connectivity index is 3.82. The largest absolute Gasteiger partial charge is 0.462 e. The van der Waals surface area contributed by atoms with Gasteiger partial charge in [-0.05, 0) is 89.9 Å². The van der Waals surface area contributed by atoms with E-state index in [0.717, 1.165) is 64.2 Å². The van der Waals surface area contributed by atoms with Gasteiger partial charge in [0.15, 0.2) is 6.10 Å². The van der Waals surface area contributed by atoms with Gasteiger partial charge < -0.3 is 14.6 Å². The summed E-state index contributed by atoms with van der Waals surface area (Å²) in [7, 11) is 0. The Morgan fingerprint density at radius 3 is 1.27 bits per heavy atom. The van der Waals surface area contributed by atoms with Crippen LogP contribution in [-0.2, 0) is 19.1 Å². The van der Waals surface area contributed by atoms with Crippen LogP contribution < -0.4 is 0 Å². The molecule has 0 saturated carbocycles. The molecular formula is C43H66O5. The fourth-order valence-corrected chi connectivity index (χ4v) is 4.28. The Hall–Kier alpha value is -3.44. The molecule has 1 atom stereocenters. The SMILES string of the molecule is CC/C=C/C/C=C/C/C=C/C/C=C/C/C=C/CCCC(=O)OC[C@H](CO)OC(=O)CCC/C=C/C/C=C/C/C=C/C/C=C/CCCCC. The normalized spacial score (nSPS) is 13.5. The number of aliphatic hydroxyl groups is 1. The van der Waals surface area contributed by atoms with Crippen molar-refractivity contribution in [1.29, 1.82) is 0 Å². The Bertz CT molecular complexity index is 1020. The summed E-state index contributed by atoms with van der Waals surface area (Å²) in [6.45, 7) is 3.87. The monoisotopic (exact) mass is 662 g/mol. The van der Waals surface area contributed by atoms with Crippen LogP contribution in [0, 0.1) is 0 Å². The van der Waals surface area contributed by atoms with Crippen molar-refractivity contribution in [2.24, 2.45) is 0 Å². The van der Waals surface area contributed by atoms with Crippen molar-refractivity contribution < 1.29 is 24.2 Å². The summed E-state index contributed by atoms with van der Waals surface area (Å²) in [5, 5.41) is 9.52. The number of carbonyl (C=O) groups excluding carboxylic acids is 2. The van der Waals surface area contributed by atoms with E-state index in [0.29, 0.717) is 12.8 Å². The second-order valence-corrected chi connectivity index (χ2v) is 11.6. The van der Waals surface area contributed by atoms with Gasteiger partial charge in [0, 0.05) is 12.8 Å². The van der Waals surface area contributed by atoms with Gasteiger partial charge in [0.25, 0.3) is 0 Å². The zero-order valence-corrected chi connectivity index (χ0v) is 30.2. The van der Waals surface area contributed by atoms with Crippen LogP contribution in [-0.4, -0.2) is 36.4 Å². The number of hydrogen-bond donors (Lipinski definition) is 1. The molecule has 0 unspecified atom stereocenters. The van der Waals surface area contributed by atoms with Crippen molar-refractivity contribution in [1.82, 2.24) is 0 Å². The van der Waals surface area contributed by atoms with Crippen LogP contribution in [0.15, 0.2) is 109 Å². The quantitative estimate of drug-likeness (QED) is 0.0454. The molecular weight excluding hydrogens is 596 g/mol. The third kappa shape index (κ3) is 35.4. The number of carbonyl (C=O) groups is 2. The number of hydrogen-bond acceptors (Lipinski definition) is 5. The molecule has 0 heterocycles. The molecule has 0 aromatic rings. The molecule has 0 rings (SSSR count). The molecule has 0 aliphatic carbocycles. The smallest absolute Gasteiger partial charge is 0.306 e. The van der Waals surface area contributed by atoms with Gasteiger partial charge in [-0.15, -0.1) is 0 Å². The van der Waals surface area contributed by atoms with Crippen molar-refractivity contribution in [3.63, 3.8) is 0 Å². The maximum absolute atomic E-state index is 12.1. The molecule has 0 aromatic carbocycles. The number of esters is 2. The first-order valence-electron chi connectivity index (χ1n) is 18.4. The highest BCUT2D eigenvalue weighted by atomic mass is 16.6. The summed E-state index contributed by atoms with van der Waals surface area (Å²) in [6.07, 6.45) is 54.4. The molecule has 0 aromatic heterocycles. The van der Waals surface area contributed by atoms with Gasteiger partial charge in [0.1, 0.15) is 6.61 Å². The van der Waals surface area contributed by atoms with Crippen LogP contribution >= 0.6 is 0 Å². The van der Waals surface area contributed by atoms with Gasteiger partial charge in [0.05, 0.1) is 6.61 Å². The van der Waals surface area contributed by atoms with E-state index in [1.54, 1.807) is 0 Å². The van der Waals surface area contributed by atoms with Crippen LogP contribution in [0.3, 0.4) is 0 Å². The van der Waals surface area contributed by atoms with E-state index in [-0.39, 0.29) is 38.0 Å². The highest BCUT2D eigenvalue weighted by Crippen LogP contribution is 2.06. The molecule has 268 valence electrons. The molecule has 1 N–H and O–H groups in total. The van der Waals surface area contributed by atoms with Gasteiger partial charge in [-0.1, -0.05) is 136 Å². The molecule has 0 bridgehead atoms. The number of aliphatic hydroxyl groups excluding tert-OH is 1. The molecule has 0 radical (unpaired) electrons. The summed E-state index contributed by atoms with van der Waals surface area (Å²) >= 11 is 0. The highest BCUT2D eigenvalue weighted by Gasteiger charge is 2.15. The maximum atomic E-state index is 12.1. The molecule has 0 spiro atoms. The first-order chi connectivity index (χ1) is 23.6. The second-order valence-electron chi connectivity index (χ2n) is 11.6. The molecule has 0 aliphatic rings. The van der Waals surface area contributed by atoms with Gasteiger partial charge >= 0.3 is 11.9 Å². The van der Waals surface area contributed by atoms with Crippen molar-refractivity contribution in [2.45, 2.75) is 136 Å². The van der Waals surface area contributed by atoms with Gasteiger partial charge in [-0.25, -0.2) is 0 Å². The first kappa shape index (κ1) is 44.6. The van der Waals surface area contributed by atoms with Crippen LogP contribution in [0.2, 0.25) is 0 Å². The minimum atomic E-state index is -0.830. The topological polar surface area (TPSA) is 72.8 Å². The lowest BCUT2D eigenvalue weighted by atomic mass is 10.2. The fraction of sp³-hybridized carbons (Fsp3) is 0.535. The van der Waals surface area contributed by atoms with E-state index >= 15 is 0 Å². The molecule has 5 heteroatoms.